The number of para-hydroxylation sites is 1. The monoisotopic (exact) mass is 387 g/mol. The van der Waals surface area contributed by atoms with Gasteiger partial charge in [0, 0.05) is 36.3 Å². The lowest BCUT2D eigenvalue weighted by atomic mass is 10.1. The Balaban J connectivity index is 1.54. The number of benzene rings is 1. The van der Waals surface area contributed by atoms with E-state index in [4.69, 9.17) is 14.7 Å². The van der Waals surface area contributed by atoms with E-state index in [0.717, 1.165) is 41.1 Å². The first kappa shape index (κ1) is 17.7. The number of H-pyrrole nitrogens is 1. The summed E-state index contributed by atoms with van der Waals surface area (Å²) in [7, 11) is 0. The summed E-state index contributed by atoms with van der Waals surface area (Å²) in [6.45, 7) is 4.02. The average Bonchev–Trinajstić information content (AvgIpc) is 3.28. The molecule has 146 valence electrons. The van der Waals surface area contributed by atoms with E-state index in [1.54, 1.807) is 12.4 Å². The van der Waals surface area contributed by atoms with Crippen molar-refractivity contribution in [2.45, 2.75) is 19.4 Å². The Morgan fingerprint density at radius 1 is 1.10 bits per heavy atom. The number of pyridine rings is 1. The van der Waals surface area contributed by atoms with Crippen LogP contribution in [0.25, 0.3) is 22.3 Å². The van der Waals surface area contributed by atoms with E-state index in [-0.39, 0.29) is 6.10 Å². The van der Waals surface area contributed by atoms with Gasteiger partial charge < -0.3 is 9.64 Å². The fourth-order valence-electron chi connectivity index (χ4n) is 3.54. The number of nitrogens with zero attached hydrogens (tertiary/aromatic N) is 6. The van der Waals surface area contributed by atoms with Crippen LogP contribution in [0.3, 0.4) is 0 Å². The Morgan fingerprint density at radius 3 is 2.79 bits per heavy atom. The Hall–Kier alpha value is -3.39. The smallest absolute Gasteiger partial charge is 0.181 e. The molecule has 8 heteroatoms. The van der Waals surface area contributed by atoms with E-state index < -0.39 is 0 Å². The van der Waals surface area contributed by atoms with Crippen molar-refractivity contribution in [3.05, 3.63) is 60.4 Å². The molecule has 3 aromatic heterocycles. The number of morpholine rings is 1. The average molecular weight is 387 g/mol. The van der Waals surface area contributed by atoms with Crippen molar-refractivity contribution >= 4 is 16.7 Å². The molecule has 29 heavy (non-hydrogen) atoms. The summed E-state index contributed by atoms with van der Waals surface area (Å²) in [5.41, 5.74) is 1.86. The maximum absolute atomic E-state index is 5.96. The number of nitrogens with one attached hydrogen (secondary N) is 1. The van der Waals surface area contributed by atoms with E-state index in [1.807, 2.05) is 37.3 Å². The molecule has 1 N–H and O–H groups in total. The molecule has 4 aromatic rings. The first-order chi connectivity index (χ1) is 14.3. The minimum absolute atomic E-state index is 0.196. The first-order valence-corrected chi connectivity index (χ1v) is 9.76. The predicted octanol–water partition coefficient (Wildman–Crippen LogP) is 2.95. The second kappa shape index (κ2) is 7.56. The van der Waals surface area contributed by atoms with Gasteiger partial charge in [0.25, 0.3) is 0 Å². The normalized spacial score (nSPS) is 17.0. The van der Waals surface area contributed by atoms with Gasteiger partial charge in [-0.3, -0.25) is 10.1 Å². The van der Waals surface area contributed by atoms with Gasteiger partial charge in [0.1, 0.15) is 17.7 Å². The molecule has 0 bridgehead atoms. The van der Waals surface area contributed by atoms with Crippen LogP contribution in [0.4, 0.5) is 5.82 Å². The number of hydrogen-bond acceptors (Lipinski definition) is 7. The molecule has 0 aliphatic carbocycles. The zero-order valence-corrected chi connectivity index (χ0v) is 16.1. The van der Waals surface area contributed by atoms with Crippen LogP contribution in [0.15, 0.2) is 48.8 Å². The summed E-state index contributed by atoms with van der Waals surface area (Å²) in [5.74, 6) is 3.16. The van der Waals surface area contributed by atoms with Gasteiger partial charge in [0.05, 0.1) is 18.7 Å². The van der Waals surface area contributed by atoms with Gasteiger partial charge in [0.2, 0.25) is 0 Å². The van der Waals surface area contributed by atoms with Crippen molar-refractivity contribution in [1.82, 2.24) is 30.1 Å². The van der Waals surface area contributed by atoms with Crippen LogP contribution >= 0.6 is 0 Å². The summed E-state index contributed by atoms with van der Waals surface area (Å²) in [6.07, 6.45) is 4.13. The van der Waals surface area contributed by atoms with Gasteiger partial charge in [-0.05, 0) is 24.3 Å². The summed E-state index contributed by atoms with van der Waals surface area (Å²) in [5, 5.41) is 8.34. The third-order valence-electron chi connectivity index (χ3n) is 5.06. The lowest BCUT2D eigenvalue weighted by Crippen LogP contribution is -2.39. The molecule has 0 radical (unpaired) electrons. The van der Waals surface area contributed by atoms with Crippen molar-refractivity contribution in [1.29, 1.82) is 0 Å². The second-order valence-electron chi connectivity index (χ2n) is 6.92. The van der Waals surface area contributed by atoms with Crippen LogP contribution in [0.1, 0.15) is 24.7 Å². The maximum atomic E-state index is 5.96. The van der Waals surface area contributed by atoms with Gasteiger partial charge in [0.15, 0.2) is 11.6 Å². The quantitative estimate of drug-likeness (QED) is 0.575. The van der Waals surface area contributed by atoms with Crippen molar-refractivity contribution in [3.63, 3.8) is 0 Å². The topological polar surface area (TPSA) is 92.7 Å². The summed E-state index contributed by atoms with van der Waals surface area (Å²) < 4.78 is 5.96. The summed E-state index contributed by atoms with van der Waals surface area (Å²) in [6, 6.07) is 11.9. The molecule has 8 nitrogen and oxygen atoms in total. The zero-order valence-electron chi connectivity index (χ0n) is 16.1. The summed E-state index contributed by atoms with van der Waals surface area (Å²) in [4.78, 5) is 20.6. The predicted molar refractivity (Wildman–Crippen MR) is 109 cm³/mol. The number of aromatic nitrogens is 6. The van der Waals surface area contributed by atoms with Gasteiger partial charge in [-0.1, -0.05) is 19.1 Å². The number of aryl methyl sites for hydroxylation is 1. The molecular formula is C21H21N7O. The second-order valence-corrected chi connectivity index (χ2v) is 6.92. The number of aromatic amines is 1. The third-order valence-corrected chi connectivity index (χ3v) is 5.06. The molecule has 1 atom stereocenters. The molecule has 0 spiro atoms. The molecule has 1 unspecified atom stereocenters. The van der Waals surface area contributed by atoms with Crippen LogP contribution in [0.2, 0.25) is 0 Å². The largest absolute Gasteiger partial charge is 0.366 e. The Morgan fingerprint density at radius 2 is 1.97 bits per heavy atom. The molecule has 1 aromatic carbocycles. The highest BCUT2D eigenvalue weighted by molar-refractivity contribution is 5.91. The zero-order chi connectivity index (χ0) is 19.6. The van der Waals surface area contributed by atoms with Gasteiger partial charge in [-0.15, -0.1) is 0 Å². The van der Waals surface area contributed by atoms with E-state index in [9.17, 15) is 0 Å². The Labute approximate surface area is 168 Å². The summed E-state index contributed by atoms with van der Waals surface area (Å²) >= 11 is 0. The lowest BCUT2D eigenvalue weighted by molar-refractivity contribution is 0.0340. The van der Waals surface area contributed by atoms with Crippen molar-refractivity contribution in [3.8, 4) is 11.4 Å². The van der Waals surface area contributed by atoms with Gasteiger partial charge in [-0.2, -0.15) is 5.10 Å². The molecule has 1 saturated heterocycles. The van der Waals surface area contributed by atoms with Crippen LogP contribution in [-0.2, 0) is 11.2 Å². The van der Waals surface area contributed by atoms with E-state index >= 15 is 0 Å². The minimum atomic E-state index is -0.196. The van der Waals surface area contributed by atoms with E-state index in [0.29, 0.717) is 24.8 Å². The molecule has 5 rings (SSSR count). The Kier molecular flexibility index (Phi) is 4.61. The highest BCUT2D eigenvalue weighted by Gasteiger charge is 2.27. The maximum Gasteiger partial charge on any atom is 0.181 e. The molecule has 0 amide bonds. The third kappa shape index (κ3) is 3.42. The SMILES string of the molecule is CCc1nc(C2CN(c3nc(-c4ccncc4)nc4ccccc34)CCO2)n[nH]1. The van der Waals surface area contributed by atoms with E-state index in [2.05, 4.69) is 31.1 Å². The van der Waals surface area contributed by atoms with Crippen LogP contribution in [0, 0.1) is 0 Å². The van der Waals surface area contributed by atoms with Crippen LogP contribution in [-0.4, -0.2) is 49.8 Å². The van der Waals surface area contributed by atoms with Gasteiger partial charge in [-0.25, -0.2) is 15.0 Å². The molecule has 1 fully saturated rings. The molecule has 4 heterocycles. The van der Waals surface area contributed by atoms with Crippen molar-refractivity contribution in [2.24, 2.45) is 0 Å². The van der Waals surface area contributed by atoms with E-state index in [1.165, 1.54) is 0 Å². The fourth-order valence-corrected chi connectivity index (χ4v) is 3.54. The number of anilines is 1. The van der Waals surface area contributed by atoms with Gasteiger partial charge >= 0.3 is 0 Å². The molecule has 1 aliphatic heterocycles. The Bertz CT molecular complexity index is 1130. The first-order valence-electron chi connectivity index (χ1n) is 9.76. The molecule has 0 saturated carbocycles. The number of rotatable bonds is 4. The van der Waals surface area contributed by atoms with Crippen molar-refractivity contribution < 1.29 is 4.74 Å². The lowest BCUT2D eigenvalue weighted by Gasteiger charge is -2.33. The highest BCUT2D eigenvalue weighted by atomic mass is 16.5. The number of hydrogen-bond donors (Lipinski definition) is 1. The molecular weight excluding hydrogens is 366 g/mol. The molecule has 1 aliphatic rings. The number of fused-ring (bicyclic) bond motifs is 1. The van der Waals surface area contributed by atoms with Crippen LogP contribution < -0.4 is 4.90 Å². The van der Waals surface area contributed by atoms with Crippen molar-refractivity contribution in [2.75, 3.05) is 24.6 Å². The standard InChI is InChI=1S/C21H21N7O/c1-2-18-24-20(27-26-18)17-13-28(11-12-29-17)21-15-5-3-4-6-16(15)23-19(25-21)14-7-9-22-10-8-14/h3-10,17H,2,11-13H2,1H3,(H,24,26,27). The van der Waals surface area contributed by atoms with Crippen LogP contribution in [0.5, 0.6) is 0 Å². The highest BCUT2D eigenvalue weighted by Crippen LogP contribution is 2.30. The fraction of sp³-hybridized carbons (Fsp3) is 0.286. The number of ether oxygens (including phenoxy) is 1. The minimum Gasteiger partial charge on any atom is -0.366 e.